The quantitative estimate of drug-likeness (QED) is 0.0696. The summed E-state index contributed by atoms with van der Waals surface area (Å²) in [5.74, 6) is -10.5. The highest BCUT2D eigenvalue weighted by atomic mass is 19.2. The average Bonchev–Trinajstić information content (AvgIpc) is 4.05. The number of hydrogen-bond donors (Lipinski definition) is 0. The molecule has 0 spiro atoms. The maximum absolute atomic E-state index is 15.7. The lowest BCUT2D eigenvalue weighted by Crippen LogP contribution is -2.51. The summed E-state index contributed by atoms with van der Waals surface area (Å²) in [5, 5.41) is 8.55. The summed E-state index contributed by atoms with van der Waals surface area (Å²) in [6, 6.07) is 14.2. The molecule has 6 heterocycles. The molecule has 6 atom stereocenters. The second-order valence-electron chi connectivity index (χ2n) is 17.1. The van der Waals surface area contributed by atoms with E-state index >= 15 is 8.78 Å². The van der Waals surface area contributed by atoms with Crippen LogP contribution in [-0.2, 0) is 9.47 Å². The third kappa shape index (κ3) is 7.97. The normalized spacial score (nSPS) is 20.0. The van der Waals surface area contributed by atoms with Gasteiger partial charge in [0.25, 0.3) is 11.8 Å². The molecule has 15 nitrogen and oxygen atoms in total. The van der Waals surface area contributed by atoms with Crippen molar-refractivity contribution in [3.63, 3.8) is 0 Å². The Kier molecular flexibility index (Phi) is 12.1. The van der Waals surface area contributed by atoms with E-state index in [-0.39, 0.29) is 35.6 Å². The Labute approximate surface area is 392 Å². The van der Waals surface area contributed by atoms with Crippen molar-refractivity contribution in [2.24, 2.45) is 0 Å². The number of rotatable bonds is 12. The van der Waals surface area contributed by atoms with Gasteiger partial charge in [0.15, 0.2) is 34.7 Å². The minimum Gasteiger partial charge on any atom is -0.451 e. The number of fused-ring (bicyclic) bond motifs is 4. The predicted octanol–water partition coefficient (Wildman–Crippen LogP) is 7.14. The SMILES string of the molecule is O=C(OCOc1c2n(ncc1=O)[C@@H]([C@H](c1ccc(F)cc1)c1cccc(F)c1F)[C@H]1CCCN1C2=O)OCOc1c2n(ncc1=O)[C@@H]([C@H](c1ccc(F)cc1)c1cccc(F)c1F)[C@H]1CCCN1C2=O. The number of aromatic nitrogens is 4. The molecule has 0 radical (unpaired) electrons. The zero-order valence-corrected chi connectivity index (χ0v) is 36.5. The number of nitrogens with zero attached hydrogens (tertiary/aromatic N) is 6. The Bertz CT molecular complexity index is 2970. The predicted molar refractivity (Wildman–Crippen MR) is 231 cm³/mol. The first kappa shape index (κ1) is 45.8. The van der Waals surface area contributed by atoms with Crippen LogP contribution < -0.4 is 20.3 Å². The number of halogens is 6. The van der Waals surface area contributed by atoms with Crippen LogP contribution in [0.15, 0.2) is 107 Å². The van der Waals surface area contributed by atoms with E-state index in [9.17, 15) is 41.5 Å². The van der Waals surface area contributed by atoms with Crippen LogP contribution in [0.25, 0.3) is 0 Å². The topological polar surface area (TPSA) is 164 Å². The zero-order chi connectivity index (χ0) is 49.0. The summed E-state index contributed by atoms with van der Waals surface area (Å²) in [6.45, 7) is -1.61. The molecular weight excluding hydrogens is 931 g/mol. The van der Waals surface area contributed by atoms with Crippen LogP contribution in [0.4, 0.5) is 31.1 Å². The standard InChI is InChI=1S/C49H38F6N6O9/c50-27-15-11-25(12-16-27)37(29-5-1-7-31(52)39(29)54)41-33-9-3-19-58(33)47(64)43-45(35(62)21-56-60(41)43)67-23-69-49(66)70-24-68-46-36(63)22-57-61-42(34-10-4-20-59(34)48(65)44(46)61)38(26-13-17-28(51)18-14-26)30-6-2-8-32(53)40(30)55/h1-2,5-8,11-18,21-22,33-34,37-38,41-42H,3-4,9-10,19-20,23-24H2/t33-,34-,37-,38-,41-,42-/m1/s1. The van der Waals surface area contributed by atoms with Crippen LogP contribution in [0.1, 0.15) is 92.8 Å². The molecule has 0 unspecified atom stereocenters. The molecule has 4 aliphatic heterocycles. The van der Waals surface area contributed by atoms with Gasteiger partial charge >= 0.3 is 6.16 Å². The summed E-state index contributed by atoms with van der Waals surface area (Å²) in [7, 11) is 0. The van der Waals surface area contributed by atoms with E-state index in [1.807, 2.05) is 0 Å². The first-order chi connectivity index (χ1) is 33.8. The fraction of sp³-hybridized carbons (Fsp3) is 0.286. The van der Waals surface area contributed by atoms with Crippen molar-refractivity contribution in [1.82, 2.24) is 29.4 Å². The summed E-state index contributed by atoms with van der Waals surface area (Å²) >= 11 is 0. The molecule has 360 valence electrons. The van der Waals surface area contributed by atoms with E-state index in [1.165, 1.54) is 67.7 Å². The highest BCUT2D eigenvalue weighted by Gasteiger charge is 2.51. The Morgan fingerprint density at radius 3 is 1.37 bits per heavy atom. The van der Waals surface area contributed by atoms with E-state index < -0.39 is 125 Å². The number of benzene rings is 4. The zero-order valence-electron chi connectivity index (χ0n) is 36.5. The molecule has 6 aromatic rings. The Hall–Kier alpha value is -7.97. The second kappa shape index (κ2) is 18.5. The van der Waals surface area contributed by atoms with Crippen LogP contribution in [0.5, 0.6) is 11.5 Å². The van der Waals surface area contributed by atoms with Crippen molar-refractivity contribution in [3.05, 3.63) is 186 Å². The maximum Gasteiger partial charge on any atom is 0.514 e. The molecule has 0 N–H and O–H groups in total. The van der Waals surface area contributed by atoms with Crippen molar-refractivity contribution in [2.45, 2.75) is 61.7 Å². The van der Waals surface area contributed by atoms with Gasteiger partial charge in [0.1, 0.15) is 11.6 Å². The molecule has 0 bridgehead atoms. The molecule has 2 saturated heterocycles. The van der Waals surface area contributed by atoms with E-state index in [0.29, 0.717) is 36.8 Å². The molecule has 0 saturated carbocycles. The van der Waals surface area contributed by atoms with E-state index in [2.05, 4.69) is 10.2 Å². The van der Waals surface area contributed by atoms with Crippen molar-refractivity contribution in [2.75, 3.05) is 26.7 Å². The molecule has 0 aliphatic carbocycles. The van der Waals surface area contributed by atoms with Crippen LogP contribution in [0.3, 0.4) is 0 Å². The first-order valence-electron chi connectivity index (χ1n) is 22.1. The monoisotopic (exact) mass is 968 g/mol. The van der Waals surface area contributed by atoms with Gasteiger partial charge in [-0.1, -0.05) is 48.5 Å². The van der Waals surface area contributed by atoms with E-state index in [4.69, 9.17) is 18.9 Å². The number of carbonyl (C=O) groups excluding carboxylic acids is 3. The van der Waals surface area contributed by atoms with Crippen molar-refractivity contribution in [1.29, 1.82) is 0 Å². The third-order valence-electron chi connectivity index (χ3n) is 13.3. The molecule has 4 aromatic carbocycles. The molecule has 10 rings (SSSR count). The second-order valence-corrected chi connectivity index (χ2v) is 17.1. The summed E-state index contributed by atoms with van der Waals surface area (Å²) in [6.07, 6.45) is 2.08. The summed E-state index contributed by atoms with van der Waals surface area (Å²) in [5.41, 5.74) is -2.10. The fourth-order valence-electron chi connectivity index (χ4n) is 10.4. The van der Waals surface area contributed by atoms with Gasteiger partial charge in [-0.2, -0.15) is 10.2 Å². The number of carbonyl (C=O) groups is 3. The number of ether oxygens (including phenoxy) is 4. The molecule has 21 heteroatoms. The number of hydrogen-bond acceptors (Lipinski definition) is 11. The minimum absolute atomic E-state index is 0.118. The molecule has 2 fully saturated rings. The van der Waals surface area contributed by atoms with Crippen LogP contribution in [0, 0.1) is 34.9 Å². The van der Waals surface area contributed by atoms with Gasteiger partial charge in [0.05, 0.1) is 36.6 Å². The lowest BCUT2D eigenvalue weighted by atomic mass is 9.79. The van der Waals surface area contributed by atoms with Gasteiger partial charge in [0.2, 0.25) is 35.9 Å². The van der Waals surface area contributed by atoms with E-state index in [1.54, 1.807) is 0 Å². The van der Waals surface area contributed by atoms with Crippen LogP contribution >= 0.6 is 0 Å². The Balaban J connectivity index is 0.900. The summed E-state index contributed by atoms with van der Waals surface area (Å²) < 4.78 is 113. The molecule has 2 amide bonds. The fourth-order valence-corrected chi connectivity index (χ4v) is 10.4. The summed E-state index contributed by atoms with van der Waals surface area (Å²) in [4.78, 5) is 70.9. The highest BCUT2D eigenvalue weighted by molar-refractivity contribution is 5.97. The van der Waals surface area contributed by atoms with Gasteiger partial charge in [-0.15, -0.1) is 0 Å². The highest BCUT2D eigenvalue weighted by Crippen LogP contribution is 2.48. The van der Waals surface area contributed by atoms with Gasteiger partial charge in [0, 0.05) is 36.1 Å². The molecule has 2 aromatic heterocycles. The van der Waals surface area contributed by atoms with Gasteiger partial charge in [-0.25, -0.2) is 31.1 Å². The largest absolute Gasteiger partial charge is 0.514 e. The van der Waals surface area contributed by atoms with Crippen molar-refractivity contribution in [3.8, 4) is 11.5 Å². The minimum atomic E-state index is -1.46. The van der Waals surface area contributed by atoms with Crippen LogP contribution in [-0.4, -0.2) is 86.1 Å². The van der Waals surface area contributed by atoms with Crippen molar-refractivity contribution < 1.29 is 59.7 Å². The third-order valence-corrected chi connectivity index (χ3v) is 13.3. The Morgan fingerprint density at radius 1 is 0.571 bits per heavy atom. The first-order valence-corrected chi connectivity index (χ1v) is 22.1. The molecule has 70 heavy (non-hydrogen) atoms. The lowest BCUT2D eigenvalue weighted by molar-refractivity contribution is -0.0273. The lowest BCUT2D eigenvalue weighted by Gasteiger charge is -2.42. The molecule has 4 aliphatic rings. The smallest absolute Gasteiger partial charge is 0.451 e. The van der Waals surface area contributed by atoms with Crippen molar-refractivity contribution >= 4 is 18.0 Å². The van der Waals surface area contributed by atoms with E-state index in [0.717, 1.165) is 48.8 Å². The van der Waals surface area contributed by atoms with Gasteiger partial charge in [-0.3, -0.25) is 28.5 Å². The number of amides is 2. The Morgan fingerprint density at radius 2 is 0.971 bits per heavy atom. The van der Waals surface area contributed by atoms with Crippen LogP contribution in [0.2, 0.25) is 0 Å². The average molecular weight is 969 g/mol. The maximum atomic E-state index is 15.7. The van der Waals surface area contributed by atoms with Gasteiger partial charge < -0.3 is 28.7 Å². The molecular formula is C49H38F6N6O9. The van der Waals surface area contributed by atoms with Gasteiger partial charge in [-0.05, 0) is 73.2 Å².